The molecular weight excluding hydrogens is 687 g/mol. The van der Waals surface area contributed by atoms with Gasteiger partial charge in [-0.25, -0.2) is 0 Å². The van der Waals surface area contributed by atoms with E-state index < -0.39 is 0 Å². The molecule has 0 bridgehead atoms. The summed E-state index contributed by atoms with van der Waals surface area (Å²) in [7, 11) is 0. The smallest absolute Gasteiger partial charge is 0.224 e. The Kier molecular flexibility index (Phi) is 19.0. The fourth-order valence-corrected chi connectivity index (χ4v) is 5.50. The second-order valence-corrected chi connectivity index (χ2v) is 13.7. The van der Waals surface area contributed by atoms with E-state index in [4.69, 9.17) is 40.1 Å². The van der Waals surface area contributed by atoms with Gasteiger partial charge in [-0.3, -0.25) is 25.4 Å². The molecule has 4 unspecified atom stereocenters. The zero-order chi connectivity index (χ0) is 40.2. The van der Waals surface area contributed by atoms with Crippen LogP contribution >= 0.6 is 0 Å². The minimum Gasteiger partial charge on any atom is -0.401 e. The fourth-order valence-electron chi connectivity index (χ4n) is 5.50. The highest BCUT2D eigenvalue weighted by Gasteiger charge is 2.15. The summed E-state index contributed by atoms with van der Waals surface area (Å²) in [5.74, 6) is -0.261. The van der Waals surface area contributed by atoms with Gasteiger partial charge in [-0.1, -0.05) is 51.3 Å². The molecule has 0 heterocycles. The largest absolute Gasteiger partial charge is 0.401 e. The normalized spacial score (nSPS) is 13.0. The fraction of sp³-hybridized carbons (Fsp3) is 0.486. The molecule has 2 rings (SSSR count). The second-order valence-electron chi connectivity index (χ2n) is 13.7. The van der Waals surface area contributed by atoms with Gasteiger partial charge in [0, 0.05) is 55.0 Å². The Morgan fingerprint density at radius 1 is 0.593 bits per heavy atom. The monoisotopic (exact) mass is 750 g/mol. The third kappa shape index (κ3) is 17.7. The van der Waals surface area contributed by atoms with Crippen LogP contribution < -0.4 is 66.9 Å². The van der Waals surface area contributed by atoms with E-state index in [1.54, 1.807) is 0 Å². The molecule has 19 N–H and O–H groups in total. The highest BCUT2D eigenvalue weighted by molar-refractivity contribution is 5.91. The number of nitrogens with two attached hydrogens (primary N) is 7. The van der Waals surface area contributed by atoms with Crippen LogP contribution in [0.5, 0.6) is 0 Å². The molecule has 2 amide bonds. The highest BCUT2D eigenvalue weighted by Crippen LogP contribution is 2.27. The molecule has 0 aliphatic heterocycles. The Bertz CT molecular complexity index is 1570. The van der Waals surface area contributed by atoms with Gasteiger partial charge in [-0.05, 0) is 80.1 Å². The molecule has 298 valence electrons. The number of carbonyl (C=O) groups excluding carboxylic acids is 2. The molecule has 0 saturated heterocycles. The zero-order valence-electron chi connectivity index (χ0n) is 32.3. The summed E-state index contributed by atoms with van der Waals surface area (Å²) in [6.45, 7) is 12.5. The summed E-state index contributed by atoms with van der Waals surface area (Å²) in [6.07, 6.45) is 6.06. The van der Waals surface area contributed by atoms with E-state index in [-0.39, 0.29) is 53.7 Å². The third-order valence-electron chi connectivity index (χ3n) is 8.61. The molecule has 0 radical (unpaired) electrons. The SMILES string of the molecule is C=C(N)CNC(C)c1cc(NC(=O)CCCCCCCCC(=O)Nc2cc(C(C)CN=C(N)N)cc(C(C)NN=C(N)N)c2)cc(C(C)NN=C(N)N)c1. The second kappa shape index (κ2) is 23.1. The van der Waals surface area contributed by atoms with E-state index in [1.165, 1.54) is 0 Å². The number of amides is 2. The van der Waals surface area contributed by atoms with Gasteiger partial charge in [0.1, 0.15) is 0 Å². The lowest BCUT2D eigenvalue weighted by Crippen LogP contribution is -2.27. The van der Waals surface area contributed by atoms with Crippen LogP contribution in [0.15, 0.2) is 63.9 Å². The van der Waals surface area contributed by atoms with Crippen molar-refractivity contribution in [2.45, 2.75) is 103 Å². The summed E-state index contributed by atoms with van der Waals surface area (Å²) in [5, 5.41) is 17.2. The lowest BCUT2D eigenvalue weighted by molar-refractivity contribution is -0.117. The van der Waals surface area contributed by atoms with Crippen molar-refractivity contribution in [1.29, 1.82) is 0 Å². The quantitative estimate of drug-likeness (QED) is 0.0319. The molecule has 17 nitrogen and oxygen atoms in total. The topological polar surface area (TPSA) is 314 Å². The molecule has 2 aromatic rings. The summed E-state index contributed by atoms with van der Waals surface area (Å²) >= 11 is 0. The molecule has 0 saturated carbocycles. The van der Waals surface area contributed by atoms with Gasteiger partial charge in [-0.2, -0.15) is 0 Å². The first-order valence-corrected chi connectivity index (χ1v) is 18.3. The van der Waals surface area contributed by atoms with Crippen molar-refractivity contribution in [3.8, 4) is 0 Å². The molecule has 0 aliphatic carbocycles. The first-order chi connectivity index (χ1) is 25.5. The number of hydrazone groups is 2. The van der Waals surface area contributed by atoms with Gasteiger partial charge in [-0.15, -0.1) is 10.2 Å². The number of guanidine groups is 3. The zero-order valence-corrected chi connectivity index (χ0v) is 32.3. The standard InChI is InChI=1S/C37H63N15O2/c1-22(20-46-35(39)40)27-14-29(25(4)49-51-36(41)42)18-31(16-27)47-33(53)12-10-8-6-7-9-11-13-34(54)48-32-17-28(24(3)45-21-23(2)38)15-30(19-32)26(5)50-52-37(43)44/h14-19,22,24-26,45,49-50H,2,6-13,20-21,38H2,1,3-5H3,(H,47,53)(H,48,54)(H4,39,40,46)(H4,41,42,51)(H4,43,44,52). The van der Waals surface area contributed by atoms with Crippen molar-refractivity contribution in [3.05, 3.63) is 70.9 Å². The Hall–Kier alpha value is -5.71. The van der Waals surface area contributed by atoms with E-state index in [9.17, 15) is 9.59 Å². The van der Waals surface area contributed by atoms with Gasteiger partial charge < -0.3 is 56.1 Å². The van der Waals surface area contributed by atoms with Gasteiger partial charge >= 0.3 is 0 Å². The van der Waals surface area contributed by atoms with E-state index in [0.717, 1.165) is 60.8 Å². The average molecular weight is 750 g/mol. The van der Waals surface area contributed by atoms with Crippen molar-refractivity contribution in [3.63, 3.8) is 0 Å². The molecule has 54 heavy (non-hydrogen) atoms. The van der Waals surface area contributed by atoms with Crippen LogP contribution in [0.25, 0.3) is 0 Å². The van der Waals surface area contributed by atoms with Crippen molar-refractivity contribution in [1.82, 2.24) is 16.2 Å². The lowest BCUT2D eigenvalue weighted by Gasteiger charge is -2.20. The van der Waals surface area contributed by atoms with Crippen LogP contribution in [-0.2, 0) is 9.59 Å². The predicted molar refractivity (Wildman–Crippen MR) is 221 cm³/mol. The number of nitrogens with one attached hydrogen (secondary N) is 5. The molecular formula is C37H63N15O2. The molecule has 0 spiro atoms. The van der Waals surface area contributed by atoms with E-state index in [2.05, 4.69) is 48.6 Å². The number of carbonyl (C=O) groups is 2. The Morgan fingerprint density at radius 2 is 1.00 bits per heavy atom. The Balaban J connectivity index is 1.86. The van der Waals surface area contributed by atoms with Crippen LogP contribution in [0.4, 0.5) is 11.4 Å². The molecule has 4 atom stereocenters. The van der Waals surface area contributed by atoms with Crippen LogP contribution in [0, 0.1) is 0 Å². The Morgan fingerprint density at radius 3 is 1.43 bits per heavy atom. The van der Waals surface area contributed by atoms with Crippen molar-refractivity contribution in [2.75, 3.05) is 23.7 Å². The van der Waals surface area contributed by atoms with Crippen molar-refractivity contribution >= 4 is 41.1 Å². The third-order valence-corrected chi connectivity index (χ3v) is 8.61. The summed E-state index contributed by atoms with van der Waals surface area (Å²) < 4.78 is 0. The number of benzene rings is 2. The van der Waals surface area contributed by atoms with Gasteiger partial charge in [0.05, 0.1) is 12.1 Å². The lowest BCUT2D eigenvalue weighted by atomic mass is 9.96. The molecule has 17 heteroatoms. The van der Waals surface area contributed by atoms with Crippen LogP contribution in [0.2, 0.25) is 0 Å². The highest BCUT2D eigenvalue weighted by atomic mass is 16.2. The number of hydrogen-bond donors (Lipinski definition) is 12. The maximum atomic E-state index is 12.9. The number of unbranched alkanes of at least 4 members (excludes halogenated alkanes) is 5. The first-order valence-electron chi connectivity index (χ1n) is 18.3. The number of nitrogens with zero attached hydrogens (tertiary/aromatic N) is 3. The van der Waals surface area contributed by atoms with Crippen LogP contribution in [-0.4, -0.2) is 42.8 Å². The van der Waals surface area contributed by atoms with E-state index in [1.807, 2.05) is 64.1 Å². The average Bonchev–Trinajstić information content (AvgIpc) is 3.11. The molecule has 0 fully saturated rings. The van der Waals surface area contributed by atoms with E-state index in [0.29, 0.717) is 43.0 Å². The molecule has 2 aromatic carbocycles. The number of rotatable bonds is 24. The maximum absolute atomic E-state index is 12.9. The predicted octanol–water partition coefficient (Wildman–Crippen LogP) is 2.56. The number of anilines is 2. The van der Waals surface area contributed by atoms with Crippen LogP contribution in [0.3, 0.4) is 0 Å². The number of aliphatic imine (C=N–C) groups is 1. The first kappa shape index (κ1) is 44.5. The van der Waals surface area contributed by atoms with Gasteiger partial charge in [0.25, 0.3) is 0 Å². The summed E-state index contributed by atoms with van der Waals surface area (Å²) in [6, 6.07) is 11.2. The summed E-state index contributed by atoms with van der Waals surface area (Å²) in [5.41, 5.74) is 50.2. The van der Waals surface area contributed by atoms with Crippen molar-refractivity contribution in [2.24, 2.45) is 55.3 Å². The minimum atomic E-state index is -0.225. The number of hydrogen-bond acceptors (Lipinski definition) is 9. The minimum absolute atomic E-state index is 0.00293. The van der Waals surface area contributed by atoms with E-state index >= 15 is 0 Å². The Labute approximate surface area is 319 Å². The van der Waals surface area contributed by atoms with Crippen molar-refractivity contribution < 1.29 is 9.59 Å². The van der Waals surface area contributed by atoms with Gasteiger partial charge in [0.2, 0.25) is 23.7 Å². The van der Waals surface area contributed by atoms with Crippen LogP contribution in [0.1, 0.15) is 125 Å². The maximum Gasteiger partial charge on any atom is 0.224 e. The molecule has 0 aromatic heterocycles. The summed E-state index contributed by atoms with van der Waals surface area (Å²) in [4.78, 5) is 29.9. The molecule has 0 aliphatic rings. The van der Waals surface area contributed by atoms with Gasteiger partial charge in [0.15, 0.2) is 5.96 Å².